The minimum atomic E-state index is 0. The molecule has 14 heavy (non-hydrogen) atoms. The summed E-state index contributed by atoms with van der Waals surface area (Å²) in [6.07, 6.45) is 6.15. The predicted octanol–water partition coefficient (Wildman–Crippen LogP) is 2.47. The van der Waals surface area contributed by atoms with Crippen molar-refractivity contribution in [1.82, 2.24) is 10.2 Å². The van der Waals surface area contributed by atoms with Crippen LogP contribution in [-0.2, 0) is 0 Å². The standard InChI is InChI=1S/C11H22N2O.H2/c1-4-9-6-5-7-10(8-9)12-11(14)13(2)3;/h9-10H,4-8H2,1-3H3,(H,12,14);1H/t9-,10-;/m1./s1. The van der Waals surface area contributed by atoms with Crippen molar-refractivity contribution in [3.63, 3.8) is 0 Å². The van der Waals surface area contributed by atoms with Crippen LogP contribution in [0.25, 0.3) is 0 Å². The third kappa shape index (κ3) is 3.20. The van der Waals surface area contributed by atoms with E-state index in [0.717, 1.165) is 18.8 Å². The summed E-state index contributed by atoms with van der Waals surface area (Å²) in [6.45, 7) is 2.24. The Bertz CT molecular complexity index is 197. The van der Waals surface area contributed by atoms with Crippen LogP contribution in [0.4, 0.5) is 4.79 Å². The molecule has 0 heterocycles. The monoisotopic (exact) mass is 200 g/mol. The van der Waals surface area contributed by atoms with Crippen molar-refractivity contribution in [3.8, 4) is 0 Å². The number of rotatable bonds is 2. The Hall–Kier alpha value is -0.730. The van der Waals surface area contributed by atoms with Gasteiger partial charge in [0.15, 0.2) is 0 Å². The molecule has 0 aromatic carbocycles. The van der Waals surface area contributed by atoms with Gasteiger partial charge in [0, 0.05) is 21.6 Å². The highest BCUT2D eigenvalue weighted by Crippen LogP contribution is 2.26. The van der Waals surface area contributed by atoms with E-state index in [-0.39, 0.29) is 7.46 Å². The van der Waals surface area contributed by atoms with E-state index in [9.17, 15) is 4.79 Å². The van der Waals surface area contributed by atoms with E-state index < -0.39 is 0 Å². The zero-order valence-corrected chi connectivity index (χ0v) is 9.55. The average molecular weight is 200 g/mol. The average Bonchev–Trinajstić information content (AvgIpc) is 2.18. The third-order valence-electron chi connectivity index (χ3n) is 3.09. The van der Waals surface area contributed by atoms with Crippen molar-refractivity contribution >= 4 is 6.03 Å². The maximum atomic E-state index is 11.4. The second-order valence-electron chi connectivity index (χ2n) is 4.48. The molecular formula is C11H24N2O. The number of hydrogen-bond acceptors (Lipinski definition) is 1. The van der Waals surface area contributed by atoms with E-state index in [4.69, 9.17) is 0 Å². The topological polar surface area (TPSA) is 32.3 Å². The molecular weight excluding hydrogens is 176 g/mol. The van der Waals surface area contributed by atoms with Crippen LogP contribution in [-0.4, -0.2) is 31.1 Å². The summed E-state index contributed by atoms with van der Waals surface area (Å²) in [6, 6.07) is 0.454. The van der Waals surface area contributed by atoms with Gasteiger partial charge < -0.3 is 10.2 Å². The fourth-order valence-corrected chi connectivity index (χ4v) is 2.10. The number of nitrogens with zero attached hydrogens (tertiary/aromatic N) is 1. The molecule has 3 heteroatoms. The van der Waals surface area contributed by atoms with E-state index in [1.807, 2.05) is 0 Å². The first-order valence-corrected chi connectivity index (χ1v) is 5.61. The first kappa shape index (κ1) is 11.3. The lowest BCUT2D eigenvalue weighted by Gasteiger charge is -2.29. The van der Waals surface area contributed by atoms with Gasteiger partial charge in [0.05, 0.1) is 0 Å². The van der Waals surface area contributed by atoms with Crippen LogP contribution in [0.2, 0.25) is 0 Å². The molecule has 0 aliphatic heterocycles. The summed E-state index contributed by atoms with van der Waals surface area (Å²) in [7, 11) is 3.57. The number of hydrogen-bond donors (Lipinski definition) is 1. The normalized spacial score (nSPS) is 27.1. The van der Waals surface area contributed by atoms with Gasteiger partial charge in [-0.3, -0.25) is 0 Å². The van der Waals surface area contributed by atoms with Crippen molar-refractivity contribution in [2.24, 2.45) is 5.92 Å². The smallest absolute Gasteiger partial charge is 0.317 e. The SMILES string of the molecule is CC[C@@H]1CCC[C@@H](NC(=O)N(C)C)C1.[HH]. The minimum Gasteiger partial charge on any atom is -0.335 e. The zero-order valence-electron chi connectivity index (χ0n) is 9.55. The molecule has 0 spiro atoms. The quantitative estimate of drug-likeness (QED) is 0.729. The van der Waals surface area contributed by atoms with E-state index in [1.165, 1.54) is 19.3 Å². The number of carbonyl (C=O) groups is 1. The molecule has 0 aromatic rings. The summed E-state index contributed by atoms with van der Waals surface area (Å²) < 4.78 is 0. The van der Waals surface area contributed by atoms with Crippen LogP contribution < -0.4 is 5.32 Å². The van der Waals surface area contributed by atoms with Crippen LogP contribution in [0, 0.1) is 5.92 Å². The van der Waals surface area contributed by atoms with Crippen LogP contribution in [0.5, 0.6) is 0 Å². The Balaban J connectivity index is 0.00000196. The van der Waals surface area contributed by atoms with Gasteiger partial charge in [-0.15, -0.1) is 0 Å². The van der Waals surface area contributed by atoms with E-state index in [2.05, 4.69) is 12.2 Å². The lowest BCUT2D eigenvalue weighted by atomic mass is 9.84. The van der Waals surface area contributed by atoms with Gasteiger partial charge in [-0.1, -0.05) is 26.2 Å². The molecule has 1 fully saturated rings. The van der Waals surface area contributed by atoms with Crippen molar-refractivity contribution in [2.75, 3.05) is 14.1 Å². The lowest BCUT2D eigenvalue weighted by Crippen LogP contribution is -2.43. The number of amides is 2. The molecule has 1 N–H and O–H groups in total. The molecule has 0 aromatic heterocycles. The summed E-state index contributed by atoms with van der Waals surface area (Å²) in [5, 5.41) is 3.07. The van der Waals surface area contributed by atoms with Gasteiger partial charge in [0.25, 0.3) is 0 Å². The van der Waals surface area contributed by atoms with Crippen LogP contribution in [0.1, 0.15) is 40.5 Å². The molecule has 0 radical (unpaired) electrons. The fraction of sp³-hybridized carbons (Fsp3) is 0.909. The summed E-state index contributed by atoms with van der Waals surface area (Å²) in [4.78, 5) is 13.0. The number of carbonyl (C=O) groups excluding carboxylic acids is 1. The summed E-state index contributed by atoms with van der Waals surface area (Å²) in [5.41, 5.74) is 0. The highest BCUT2D eigenvalue weighted by Gasteiger charge is 2.22. The molecule has 2 atom stereocenters. The highest BCUT2D eigenvalue weighted by atomic mass is 16.2. The minimum absolute atomic E-state index is 0. The Morgan fingerprint density at radius 3 is 2.79 bits per heavy atom. The first-order chi connectivity index (χ1) is 6.63. The van der Waals surface area contributed by atoms with E-state index in [1.54, 1.807) is 19.0 Å². The molecule has 84 valence electrons. The maximum Gasteiger partial charge on any atom is 0.317 e. The maximum absolute atomic E-state index is 11.4. The van der Waals surface area contributed by atoms with Crippen molar-refractivity contribution in [1.29, 1.82) is 0 Å². The van der Waals surface area contributed by atoms with E-state index >= 15 is 0 Å². The molecule has 1 rings (SSSR count). The summed E-state index contributed by atoms with van der Waals surface area (Å²) >= 11 is 0. The molecule has 0 bridgehead atoms. The van der Waals surface area contributed by atoms with Gasteiger partial charge >= 0.3 is 6.03 Å². The molecule has 0 saturated heterocycles. The molecule has 3 nitrogen and oxygen atoms in total. The predicted molar refractivity (Wildman–Crippen MR) is 60.4 cm³/mol. The van der Waals surface area contributed by atoms with Crippen LogP contribution >= 0.6 is 0 Å². The van der Waals surface area contributed by atoms with Crippen molar-refractivity contribution in [3.05, 3.63) is 0 Å². The molecule has 1 saturated carbocycles. The second kappa shape index (κ2) is 5.23. The third-order valence-corrected chi connectivity index (χ3v) is 3.09. The Kier molecular flexibility index (Phi) is 4.23. The van der Waals surface area contributed by atoms with Gasteiger partial charge in [-0.2, -0.15) is 0 Å². The fourth-order valence-electron chi connectivity index (χ4n) is 2.10. The van der Waals surface area contributed by atoms with Gasteiger partial charge in [0.2, 0.25) is 0 Å². The number of nitrogens with one attached hydrogen (secondary N) is 1. The first-order valence-electron chi connectivity index (χ1n) is 5.61. The van der Waals surface area contributed by atoms with Crippen molar-refractivity contribution < 1.29 is 6.22 Å². The van der Waals surface area contributed by atoms with E-state index in [0.29, 0.717) is 6.04 Å². The van der Waals surface area contributed by atoms with Crippen molar-refractivity contribution in [2.45, 2.75) is 45.1 Å². The number of urea groups is 1. The second-order valence-corrected chi connectivity index (χ2v) is 4.48. The molecule has 2 amide bonds. The van der Waals surface area contributed by atoms with Crippen LogP contribution in [0.15, 0.2) is 0 Å². The molecule has 0 unspecified atom stereocenters. The largest absolute Gasteiger partial charge is 0.335 e. The Morgan fingerprint density at radius 2 is 2.21 bits per heavy atom. The zero-order chi connectivity index (χ0) is 10.6. The Morgan fingerprint density at radius 1 is 1.50 bits per heavy atom. The van der Waals surface area contributed by atoms with Gasteiger partial charge in [-0.25, -0.2) is 4.79 Å². The lowest BCUT2D eigenvalue weighted by molar-refractivity contribution is 0.202. The Labute approximate surface area is 88.3 Å². The van der Waals surface area contributed by atoms with Gasteiger partial charge in [-0.05, 0) is 18.8 Å². The molecule has 1 aliphatic carbocycles. The molecule has 1 aliphatic rings. The highest BCUT2D eigenvalue weighted by molar-refractivity contribution is 5.73. The van der Waals surface area contributed by atoms with Gasteiger partial charge in [0.1, 0.15) is 0 Å². The van der Waals surface area contributed by atoms with Crippen LogP contribution in [0.3, 0.4) is 0 Å². The summed E-state index contributed by atoms with van der Waals surface area (Å²) in [5.74, 6) is 0.816.